The number of aromatic hydroxyl groups is 1. The number of phenolic OH excluding ortho intramolecular Hbond substituents is 1. The van der Waals surface area contributed by atoms with Gasteiger partial charge in [-0.15, -0.1) is 0 Å². The first-order valence-corrected chi connectivity index (χ1v) is 12.0. The van der Waals surface area contributed by atoms with Gasteiger partial charge in [-0.3, -0.25) is 0 Å². The quantitative estimate of drug-likeness (QED) is 0.402. The highest BCUT2D eigenvalue weighted by Gasteiger charge is 2.47. The van der Waals surface area contributed by atoms with E-state index in [4.69, 9.17) is 28.3 Å². The second-order valence-corrected chi connectivity index (χ2v) is 9.85. The standard InChI is InChI=1S/C19H33ClO.C7H7ClO/c1-7-10-11-12-19(15(8-2)9-3)14(4)17(20)18(5,6)13-16(19)21;1-5-4-6(9)2-3-7(5)8/h13,15,21H,7-12H2,1-6H3;2-4,9H,1H3. The van der Waals surface area contributed by atoms with Crippen molar-refractivity contribution >= 4 is 23.2 Å². The lowest BCUT2D eigenvalue weighted by atomic mass is 9.59. The summed E-state index contributed by atoms with van der Waals surface area (Å²) in [7, 11) is 0. The Morgan fingerprint density at radius 1 is 0.967 bits per heavy atom. The molecule has 0 radical (unpaired) electrons. The van der Waals surface area contributed by atoms with Gasteiger partial charge in [-0.05, 0) is 61.6 Å². The largest absolute Gasteiger partial charge is 0.512 e. The highest BCUT2D eigenvalue weighted by molar-refractivity contribution is 6.31. The molecule has 1 aliphatic carbocycles. The molecule has 1 aromatic carbocycles. The molecule has 0 saturated heterocycles. The number of phenols is 1. The summed E-state index contributed by atoms with van der Waals surface area (Å²) in [6.07, 6.45) is 8.70. The average Bonchev–Trinajstić information content (AvgIpc) is 2.68. The Morgan fingerprint density at radius 2 is 1.57 bits per heavy atom. The van der Waals surface area contributed by atoms with Crippen LogP contribution in [0.4, 0.5) is 0 Å². The normalized spacial score (nSPS) is 20.7. The maximum absolute atomic E-state index is 10.9. The molecular formula is C26H40Cl2O2. The van der Waals surface area contributed by atoms with Crippen LogP contribution < -0.4 is 0 Å². The smallest absolute Gasteiger partial charge is 0.115 e. The number of unbranched alkanes of at least 4 members (excludes halogenated alkanes) is 2. The first kappa shape index (κ1) is 26.9. The molecule has 0 saturated carbocycles. The van der Waals surface area contributed by atoms with E-state index in [0.717, 1.165) is 36.3 Å². The maximum atomic E-state index is 10.9. The predicted molar refractivity (Wildman–Crippen MR) is 132 cm³/mol. The van der Waals surface area contributed by atoms with Crippen LogP contribution in [0.1, 0.15) is 85.6 Å². The van der Waals surface area contributed by atoms with Gasteiger partial charge >= 0.3 is 0 Å². The van der Waals surface area contributed by atoms with Crippen molar-refractivity contribution in [2.45, 2.75) is 87.0 Å². The van der Waals surface area contributed by atoms with Gasteiger partial charge in [-0.2, -0.15) is 0 Å². The molecule has 0 amide bonds. The molecular weight excluding hydrogens is 415 g/mol. The van der Waals surface area contributed by atoms with Crippen LogP contribution in [0.3, 0.4) is 0 Å². The number of aryl methyl sites for hydroxylation is 1. The van der Waals surface area contributed by atoms with Crippen molar-refractivity contribution in [1.29, 1.82) is 0 Å². The molecule has 1 aliphatic rings. The highest BCUT2D eigenvalue weighted by atomic mass is 35.5. The Balaban J connectivity index is 0.000000414. The lowest BCUT2D eigenvalue weighted by Crippen LogP contribution is -2.38. The molecule has 4 heteroatoms. The molecule has 0 aliphatic heterocycles. The van der Waals surface area contributed by atoms with Gasteiger partial charge in [0.1, 0.15) is 5.75 Å². The maximum Gasteiger partial charge on any atom is 0.115 e. The van der Waals surface area contributed by atoms with Crippen LogP contribution in [0.15, 0.2) is 40.6 Å². The van der Waals surface area contributed by atoms with E-state index < -0.39 is 0 Å². The van der Waals surface area contributed by atoms with Gasteiger partial charge in [-0.25, -0.2) is 0 Å². The first-order chi connectivity index (χ1) is 14.0. The number of allylic oxidation sites excluding steroid dienone is 3. The fourth-order valence-corrected chi connectivity index (χ4v) is 5.05. The van der Waals surface area contributed by atoms with E-state index in [1.165, 1.54) is 18.4 Å². The minimum Gasteiger partial charge on any atom is -0.512 e. The van der Waals surface area contributed by atoms with Crippen molar-refractivity contribution in [2.75, 3.05) is 0 Å². The van der Waals surface area contributed by atoms with E-state index in [1.54, 1.807) is 18.2 Å². The number of benzene rings is 1. The van der Waals surface area contributed by atoms with Crippen LogP contribution >= 0.6 is 23.2 Å². The van der Waals surface area contributed by atoms with Gasteiger partial charge in [0.15, 0.2) is 0 Å². The average molecular weight is 456 g/mol. The molecule has 170 valence electrons. The molecule has 2 rings (SSSR count). The fourth-order valence-electron chi connectivity index (χ4n) is 4.71. The van der Waals surface area contributed by atoms with Crippen molar-refractivity contribution in [1.82, 2.24) is 0 Å². The van der Waals surface area contributed by atoms with Crippen molar-refractivity contribution < 1.29 is 10.2 Å². The molecule has 1 unspecified atom stereocenters. The van der Waals surface area contributed by atoms with Gasteiger partial charge in [0, 0.05) is 15.5 Å². The second kappa shape index (κ2) is 11.5. The lowest BCUT2D eigenvalue weighted by Gasteiger charge is -2.46. The highest BCUT2D eigenvalue weighted by Crippen LogP contribution is 2.56. The molecule has 0 spiro atoms. The molecule has 2 N–H and O–H groups in total. The molecule has 2 nitrogen and oxygen atoms in total. The van der Waals surface area contributed by atoms with Crippen molar-refractivity contribution in [2.24, 2.45) is 16.7 Å². The van der Waals surface area contributed by atoms with Crippen LogP contribution in [-0.2, 0) is 0 Å². The van der Waals surface area contributed by atoms with Gasteiger partial charge in [-0.1, -0.05) is 89.9 Å². The molecule has 0 heterocycles. The van der Waals surface area contributed by atoms with E-state index in [1.807, 2.05) is 13.0 Å². The van der Waals surface area contributed by atoms with Gasteiger partial charge in [0.25, 0.3) is 0 Å². The van der Waals surface area contributed by atoms with E-state index in [9.17, 15) is 5.11 Å². The molecule has 1 aromatic rings. The zero-order chi connectivity index (χ0) is 23.1. The number of aliphatic hydroxyl groups excluding tert-OH is 1. The Labute approximate surface area is 194 Å². The summed E-state index contributed by atoms with van der Waals surface area (Å²) in [6.45, 7) is 14.8. The minimum absolute atomic E-state index is 0.245. The second-order valence-electron chi connectivity index (χ2n) is 9.07. The van der Waals surface area contributed by atoms with Crippen molar-refractivity contribution in [3.05, 3.63) is 51.2 Å². The molecule has 1 atom stereocenters. The van der Waals surface area contributed by atoms with E-state index in [-0.39, 0.29) is 16.6 Å². The third-order valence-electron chi connectivity index (χ3n) is 6.52. The fraction of sp³-hybridized carbons (Fsp3) is 0.615. The summed E-state index contributed by atoms with van der Waals surface area (Å²) in [5.41, 5.74) is 1.59. The molecule has 0 fully saturated rings. The Bertz CT molecular complexity index is 760. The SMILES string of the molecule is CCCCCC1(C(CC)CC)C(O)=CC(C)(C)C(Cl)=C1C.Cc1cc(O)ccc1Cl. The number of hydrogen-bond acceptors (Lipinski definition) is 2. The zero-order valence-electron chi connectivity index (χ0n) is 19.8. The topological polar surface area (TPSA) is 40.5 Å². The summed E-state index contributed by atoms with van der Waals surface area (Å²) in [6, 6.07) is 4.86. The van der Waals surface area contributed by atoms with Crippen LogP contribution in [-0.4, -0.2) is 10.2 Å². The number of rotatable bonds is 7. The molecule has 0 aromatic heterocycles. The lowest BCUT2D eigenvalue weighted by molar-refractivity contribution is 0.135. The summed E-state index contributed by atoms with van der Waals surface area (Å²) in [5.74, 6) is 1.27. The molecule has 30 heavy (non-hydrogen) atoms. The van der Waals surface area contributed by atoms with E-state index in [0.29, 0.717) is 16.7 Å². The Morgan fingerprint density at radius 3 is 2.03 bits per heavy atom. The van der Waals surface area contributed by atoms with Crippen molar-refractivity contribution in [3.63, 3.8) is 0 Å². The van der Waals surface area contributed by atoms with Crippen LogP contribution in [0.5, 0.6) is 5.75 Å². The third-order valence-corrected chi connectivity index (χ3v) is 7.71. The number of aliphatic hydroxyl groups is 1. The summed E-state index contributed by atoms with van der Waals surface area (Å²) < 4.78 is 0. The monoisotopic (exact) mass is 454 g/mol. The number of halogens is 2. The van der Waals surface area contributed by atoms with Crippen LogP contribution in [0.25, 0.3) is 0 Å². The summed E-state index contributed by atoms with van der Waals surface area (Å²) in [4.78, 5) is 0. The van der Waals surface area contributed by atoms with E-state index >= 15 is 0 Å². The van der Waals surface area contributed by atoms with Gasteiger partial charge in [0.05, 0.1) is 11.2 Å². The van der Waals surface area contributed by atoms with Gasteiger partial charge in [0.2, 0.25) is 0 Å². The van der Waals surface area contributed by atoms with Crippen LogP contribution in [0, 0.1) is 23.7 Å². The minimum atomic E-state index is -0.254. The van der Waals surface area contributed by atoms with Crippen molar-refractivity contribution in [3.8, 4) is 5.75 Å². The zero-order valence-corrected chi connectivity index (χ0v) is 21.3. The molecule has 0 bridgehead atoms. The Hall–Kier alpha value is -1.12. The third kappa shape index (κ3) is 5.98. The number of hydrogen-bond donors (Lipinski definition) is 2. The first-order valence-electron chi connectivity index (χ1n) is 11.2. The van der Waals surface area contributed by atoms with E-state index in [2.05, 4.69) is 41.5 Å². The summed E-state index contributed by atoms with van der Waals surface area (Å²) >= 11 is 12.4. The van der Waals surface area contributed by atoms with Crippen LogP contribution in [0.2, 0.25) is 5.02 Å². The van der Waals surface area contributed by atoms with Gasteiger partial charge < -0.3 is 10.2 Å². The summed E-state index contributed by atoms with van der Waals surface area (Å²) in [5, 5.41) is 21.4. The predicted octanol–water partition coefficient (Wildman–Crippen LogP) is 9.34. The Kier molecular flexibility index (Phi) is 10.3.